The van der Waals surface area contributed by atoms with Crippen molar-refractivity contribution >= 4 is 34.6 Å². The molecule has 2 rings (SSSR count). The molecule has 1 aromatic carbocycles. The number of nitrogen functional groups attached to an aromatic ring is 1. The molecule has 1 atom stereocenters. The van der Waals surface area contributed by atoms with Gasteiger partial charge in [0, 0.05) is 25.3 Å². The molecule has 0 bridgehead atoms. The van der Waals surface area contributed by atoms with E-state index in [9.17, 15) is 0 Å². The van der Waals surface area contributed by atoms with Crippen LogP contribution in [-0.4, -0.2) is 38.1 Å². The highest BCUT2D eigenvalue weighted by Gasteiger charge is 2.24. The number of likely N-dealkylation sites (tertiary alicyclic amines) is 1. The monoisotopic (exact) mass is 287 g/mol. The molecule has 0 aliphatic carbocycles. The lowest BCUT2D eigenvalue weighted by Crippen LogP contribution is -2.45. The van der Waals surface area contributed by atoms with E-state index in [0.717, 1.165) is 25.2 Å². The van der Waals surface area contributed by atoms with Gasteiger partial charge in [-0.2, -0.15) is 0 Å². The minimum Gasteiger partial charge on any atom is -0.399 e. The average molecular weight is 288 g/mol. The molecule has 1 aliphatic rings. The van der Waals surface area contributed by atoms with Crippen LogP contribution < -0.4 is 10.6 Å². The molecular formula is C13H19Cl2N3. The Balaban J connectivity index is 2.25. The van der Waals surface area contributed by atoms with E-state index < -0.39 is 0 Å². The number of likely N-dealkylation sites (N-methyl/N-ethyl adjacent to an activating group) is 2. The quantitative estimate of drug-likeness (QED) is 0.849. The Morgan fingerprint density at radius 1 is 1.33 bits per heavy atom. The number of halogens is 2. The van der Waals surface area contributed by atoms with Gasteiger partial charge in [-0.3, -0.25) is 0 Å². The van der Waals surface area contributed by atoms with E-state index in [-0.39, 0.29) is 0 Å². The van der Waals surface area contributed by atoms with E-state index >= 15 is 0 Å². The predicted octanol–water partition coefficient (Wildman–Crippen LogP) is 3.11. The summed E-state index contributed by atoms with van der Waals surface area (Å²) < 4.78 is 0. The van der Waals surface area contributed by atoms with Crippen molar-refractivity contribution in [1.29, 1.82) is 0 Å². The first-order valence-electron chi connectivity index (χ1n) is 6.15. The maximum atomic E-state index is 6.27. The summed E-state index contributed by atoms with van der Waals surface area (Å²) in [6, 6.07) is 3.96. The molecule has 0 radical (unpaired) electrons. The Kier molecular flexibility index (Phi) is 4.25. The average Bonchev–Trinajstić information content (AvgIpc) is 2.27. The van der Waals surface area contributed by atoms with Crippen molar-refractivity contribution in [1.82, 2.24) is 4.90 Å². The molecule has 1 fully saturated rings. The molecule has 0 amide bonds. The fraction of sp³-hybridized carbons (Fsp3) is 0.538. The van der Waals surface area contributed by atoms with Crippen LogP contribution in [-0.2, 0) is 0 Å². The van der Waals surface area contributed by atoms with Gasteiger partial charge in [0.2, 0.25) is 0 Å². The maximum Gasteiger partial charge on any atom is 0.0746 e. The molecule has 3 nitrogen and oxygen atoms in total. The minimum atomic E-state index is 0.447. The van der Waals surface area contributed by atoms with Crippen LogP contribution in [0.1, 0.15) is 12.8 Å². The smallest absolute Gasteiger partial charge is 0.0746 e. The molecule has 2 N–H and O–H groups in total. The highest BCUT2D eigenvalue weighted by molar-refractivity contribution is 6.39. The number of hydrogen-bond donors (Lipinski definition) is 1. The van der Waals surface area contributed by atoms with Crippen molar-refractivity contribution in [2.45, 2.75) is 18.9 Å². The molecule has 1 aromatic rings. The number of benzene rings is 1. The Bertz CT molecular complexity index is 413. The first-order chi connectivity index (χ1) is 8.49. The molecule has 5 heteroatoms. The van der Waals surface area contributed by atoms with E-state index in [1.807, 2.05) is 7.05 Å². The number of piperidine rings is 1. The zero-order valence-electron chi connectivity index (χ0n) is 10.8. The fourth-order valence-corrected chi connectivity index (χ4v) is 3.33. The molecule has 1 unspecified atom stereocenters. The molecular weight excluding hydrogens is 269 g/mol. The van der Waals surface area contributed by atoms with Gasteiger partial charge in [0.1, 0.15) is 0 Å². The predicted molar refractivity (Wildman–Crippen MR) is 79.8 cm³/mol. The van der Waals surface area contributed by atoms with Crippen molar-refractivity contribution < 1.29 is 0 Å². The maximum absolute atomic E-state index is 6.27. The molecule has 100 valence electrons. The van der Waals surface area contributed by atoms with Gasteiger partial charge in [-0.1, -0.05) is 23.2 Å². The second-order valence-corrected chi connectivity index (χ2v) is 5.82. The first-order valence-corrected chi connectivity index (χ1v) is 6.90. The standard InChI is InChI=1S/C13H19Cl2N3/c1-17-5-3-4-10(8-17)18(2)13-11(14)6-9(16)7-12(13)15/h6-7,10H,3-5,8,16H2,1-2H3. The summed E-state index contributed by atoms with van der Waals surface area (Å²) in [5, 5.41) is 1.24. The summed E-state index contributed by atoms with van der Waals surface area (Å²) in [5.41, 5.74) is 7.22. The van der Waals surface area contributed by atoms with Crippen LogP contribution in [0.15, 0.2) is 12.1 Å². The van der Waals surface area contributed by atoms with Crippen LogP contribution in [0.2, 0.25) is 10.0 Å². The van der Waals surface area contributed by atoms with Gasteiger partial charge in [-0.25, -0.2) is 0 Å². The second kappa shape index (κ2) is 5.55. The summed E-state index contributed by atoms with van der Waals surface area (Å²) >= 11 is 12.5. The summed E-state index contributed by atoms with van der Waals surface area (Å²) in [7, 11) is 4.19. The lowest BCUT2D eigenvalue weighted by Gasteiger charge is -2.37. The van der Waals surface area contributed by atoms with Crippen LogP contribution in [0, 0.1) is 0 Å². The lowest BCUT2D eigenvalue weighted by atomic mass is 10.0. The number of rotatable bonds is 2. The molecule has 1 saturated heterocycles. The lowest BCUT2D eigenvalue weighted by molar-refractivity contribution is 0.248. The number of nitrogens with zero attached hydrogens (tertiary/aromatic N) is 2. The Morgan fingerprint density at radius 3 is 2.50 bits per heavy atom. The second-order valence-electron chi connectivity index (χ2n) is 5.00. The summed E-state index contributed by atoms with van der Waals surface area (Å²) in [6.07, 6.45) is 2.37. The normalized spacial score (nSPS) is 21.0. The third-order valence-electron chi connectivity index (χ3n) is 3.54. The van der Waals surface area contributed by atoms with Crippen molar-refractivity contribution in [3.8, 4) is 0 Å². The largest absolute Gasteiger partial charge is 0.399 e. The Labute approximate surface area is 118 Å². The van der Waals surface area contributed by atoms with Crippen molar-refractivity contribution in [3.05, 3.63) is 22.2 Å². The van der Waals surface area contributed by atoms with Gasteiger partial charge in [0.15, 0.2) is 0 Å². The molecule has 18 heavy (non-hydrogen) atoms. The van der Waals surface area contributed by atoms with Crippen molar-refractivity contribution in [3.63, 3.8) is 0 Å². The van der Waals surface area contributed by atoms with Crippen molar-refractivity contribution in [2.24, 2.45) is 0 Å². The first kappa shape index (κ1) is 13.8. The topological polar surface area (TPSA) is 32.5 Å². The fourth-order valence-electron chi connectivity index (χ4n) is 2.56. The summed E-state index contributed by atoms with van der Waals surface area (Å²) in [5.74, 6) is 0. The van der Waals surface area contributed by atoms with E-state index in [4.69, 9.17) is 28.9 Å². The van der Waals surface area contributed by atoms with Crippen LogP contribution in [0.5, 0.6) is 0 Å². The Hall–Kier alpha value is -0.640. The van der Waals surface area contributed by atoms with E-state index in [1.165, 1.54) is 6.42 Å². The molecule has 0 spiro atoms. The number of nitrogens with two attached hydrogens (primary N) is 1. The molecule has 1 aliphatic heterocycles. The van der Waals surface area contributed by atoms with Crippen LogP contribution in [0.4, 0.5) is 11.4 Å². The third-order valence-corrected chi connectivity index (χ3v) is 4.12. The molecule has 0 aromatic heterocycles. The van der Waals surface area contributed by atoms with Crippen LogP contribution >= 0.6 is 23.2 Å². The van der Waals surface area contributed by atoms with E-state index in [2.05, 4.69) is 16.8 Å². The SMILES string of the molecule is CN1CCCC(N(C)c2c(Cl)cc(N)cc2Cl)C1. The summed E-state index contributed by atoms with van der Waals surface area (Å²) in [4.78, 5) is 4.52. The van der Waals surface area contributed by atoms with Gasteiger partial charge in [-0.15, -0.1) is 0 Å². The van der Waals surface area contributed by atoms with E-state index in [1.54, 1.807) is 12.1 Å². The summed E-state index contributed by atoms with van der Waals surface area (Å²) in [6.45, 7) is 2.20. The van der Waals surface area contributed by atoms with Gasteiger partial charge < -0.3 is 15.5 Å². The van der Waals surface area contributed by atoms with Gasteiger partial charge in [0.25, 0.3) is 0 Å². The van der Waals surface area contributed by atoms with E-state index in [0.29, 0.717) is 21.8 Å². The Morgan fingerprint density at radius 2 is 1.94 bits per heavy atom. The van der Waals surface area contributed by atoms with Crippen molar-refractivity contribution in [2.75, 3.05) is 37.8 Å². The molecule has 1 heterocycles. The van der Waals surface area contributed by atoms with Gasteiger partial charge in [0.05, 0.1) is 15.7 Å². The highest BCUT2D eigenvalue weighted by Crippen LogP contribution is 2.37. The van der Waals surface area contributed by atoms with Crippen LogP contribution in [0.25, 0.3) is 0 Å². The zero-order chi connectivity index (χ0) is 13.3. The number of anilines is 2. The molecule has 0 saturated carbocycles. The van der Waals surface area contributed by atoms with Gasteiger partial charge in [-0.05, 0) is 38.6 Å². The zero-order valence-corrected chi connectivity index (χ0v) is 12.3. The highest BCUT2D eigenvalue weighted by atomic mass is 35.5. The van der Waals surface area contributed by atoms with Crippen LogP contribution in [0.3, 0.4) is 0 Å². The van der Waals surface area contributed by atoms with Gasteiger partial charge >= 0.3 is 0 Å². The third kappa shape index (κ3) is 2.85. The number of hydrogen-bond acceptors (Lipinski definition) is 3. The minimum absolute atomic E-state index is 0.447.